The lowest BCUT2D eigenvalue weighted by Crippen LogP contribution is -2.47. The average molecular weight is 282 g/mol. The Kier molecular flexibility index (Phi) is 4.87. The van der Waals surface area contributed by atoms with Crippen LogP contribution in [0.1, 0.15) is 40.5 Å². The molecular weight excluding hydrogens is 252 g/mol. The van der Waals surface area contributed by atoms with Crippen molar-refractivity contribution in [2.24, 2.45) is 5.92 Å². The molecule has 3 heteroatoms. The average Bonchev–Trinajstić information content (AvgIpc) is 2.22. The van der Waals surface area contributed by atoms with Crippen LogP contribution in [-0.2, 0) is 4.43 Å². The third kappa shape index (κ3) is 3.80. The van der Waals surface area contributed by atoms with E-state index in [2.05, 4.69) is 47.0 Å². The van der Waals surface area contributed by atoms with Gasteiger partial charge in [0.2, 0.25) is 0 Å². The van der Waals surface area contributed by atoms with Crippen LogP contribution in [-0.4, -0.2) is 25.6 Å². The minimum atomic E-state index is -1.83. The summed E-state index contributed by atoms with van der Waals surface area (Å²) in [6, 6.07) is 0. The van der Waals surface area contributed by atoms with Crippen molar-refractivity contribution < 1.29 is 9.53 Å². The molecular formula is C16H30O2Si. The van der Waals surface area contributed by atoms with E-state index in [0.29, 0.717) is 5.92 Å². The molecule has 1 rings (SSSR count). The molecule has 0 saturated heterocycles. The van der Waals surface area contributed by atoms with Crippen molar-refractivity contribution in [2.75, 3.05) is 0 Å². The summed E-state index contributed by atoms with van der Waals surface area (Å²) in [5, 5.41) is 10.3. The van der Waals surface area contributed by atoms with Crippen molar-refractivity contribution in [1.29, 1.82) is 0 Å². The number of aliphatic hydroxyl groups excluding tert-OH is 1. The maximum absolute atomic E-state index is 10.2. The number of aliphatic hydroxyl groups is 1. The highest BCUT2D eigenvalue weighted by atomic mass is 28.4. The second kappa shape index (κ2) is 5.55. The number of rotatable bonds is 3. The lowest BCUT2D eigenvalue weighted by Gasteiger charge is -2.43. The van der Waals surface area contributed by atoms with Gasteiger partial charge in [0, 0.05) is 0 Å². The molecule has 1 aliphatic carbocycles. The summed E-state index contributed by atoms with van der Waals surface area (Å²) in [5.74, 6) is 0.343. The Bertz CT molecular complexity index is 365. The van der Waals surface area contributed by atoms with Gasteiger partial charge in [-0.3, -0.25) is 0 Å². The predicted molar refractivity (Wildman–Crippen MR) is 84.8 cm³/mol. The van der Waals surface area contributed by atoms with Crippen LogP contribution >= 0.6 is 0 Å². The minimum absolute atomic E-state index is 0.0219. The molecule has 0 radical (unpaired) electrons. The highest BCUT2D eigenvalue weighted by Gasteiger charge is 2.42. The molecule has 3 atom stereocenters. The second-order valence-corrected chi connectivity index (χ2v) is 12.2. The van der Waals surface area contributed by atoms with Crippen LogP contribution in [0.4, 0.5) is 0 Å². The zero-order chi connectivity index (χ0) is 15.0. The van der Waals surface area contributed by atoms with Crippen LogP contribution in [0, 0.1) is 5.92 Å². The third-order valence-corrected chi connectivity index (χ3v) is 9.27. The quantitative estimate of drug-likeness (QED) is 0.618. The van der Waals surface area contributed by atoms with Gasteiger partial charge in [-0.2, -0.15) is 0 Å². The molecule has 110 valence electrons. The Morgan fingerprint density at radius 1 is 1.32 bits per heavy atom. The maximum atomic E-state index is 10.2. The lowest BCUT2D eigenvalue weighted by atomic mass is 9.79. The molecule has 0 amide bonds. The van der Waals surface area contributed by atoms with Crippen LogP contribution in [0.5, 0.6) is 0 Å². The molecule has 0 bridgehead atoms. The van der Waals surface area contributed by atoms with Crippen molar-refractivity contribution >= 4 is 8.32 Å². The fourth-order valence-electron chi connectivity index (χ4n) is 2.20. The zero-order valence-corrected chi connectivity index (χ0v) is 14.4. The minimum Gasteiger partial charge on any atom is -0.410 e. The van der Waals surface area contributed by atoms with E-state index in [4.69, 9.17) is 4.43 Å². The third-order valence-electron chi connectivity index (χ3n) is 4.79. The fourth-order valence-corrected chi connectivity index (χ4v) is 3.51. The summed E-state index contributed by atoms with van der Waals surface area (Å²) in [7, 11) is -1.83. The van der Waals surface area contributed by atoms with E-state index in [9.17, 15) is 5.11 Å². The van der Waals surface area contributed by atoms with Crippen LogP contribution in [0.2, 0.25) is 18.1 Å². The van der Waals surface area contributed by atoms with E-state index in [0.717, 1.165) is 24.0 Å². The monoisotopic (exact) mass is 282 g/mol. The molecule has 0 spiro atoms. The molecule has 0 aromatic carbocycles. The zero-order valence-electron chi connectivity index (χ0n) is 13.4. The van der Waals surface area contributed by atoms with E-state index in [-0.39, 0.29) is 11.1 Å². The van der Waals surface area contributed by atoms with Gasteiger partial charge in [0.15, 0.2) is 8.32 Å². The van der Waals surface area contributed by atoms with E-state index in [1.165, 1.54) is 0 Å². The Labute approximate surface area is 119 Å². The first-order valence-corrected chi connectivity index (χ1v) is 10.1. The molecule has 1 N–H and O–H groups in total. The smallest absolute Gasteiger partial charge is 0.192 e. The lowest BCUT2D eigenvalue weighted by molar-refractivity contribution is 0.0854. The van der Waals surface area contributed by atoms with Gasteiger partial charge < -0.3 is 9.53 Å². The molecule has 1 saturated carbocycles. The normalized spacial score (nSPS) is 29.4. The van der Waals surface area contributed by atoms with Crippen LogP contribution in [0.15, 0.2) is 24.3 Å². The summed E-state index contributed by atoms with van der Waals surface area (Å²) in [6.07, 6.45) is 1.18. The van der Waals surface area contributed by atoms with Gasteiger partial charge in [0.1, 0.15) is 0 Å². The predicted octanol–water partition coefficient (Wildman–Crippen LogP) is 4.28. The summed E-state index contributed by atoms with van der Waals surface area (Å²) in [5.41, 5.74) is 1.98. The first-order chi connectivity index (χ1) is 8.45. The standard InChI is InChI=1S/C16H30O2Si/c1-11(2)13-9-14(17)12(3)15(10-13)18-19(7,8)16(4,5)6/h13-15,17H,1,3,9-10H2,2,4-8H3/t13-,14-,15-/m1/s1. The van der Waals surface area contributed by atoms with Crippen LogP contribution in [0.25, 0.3) is 0 Å². The van der Waals surface area contributed by atoms with Crippen LogP contribution < -0.4 is 0 Å². The molecule has 1 fully saturated rings. The van der Waals surface area contributed by atoms with Gasteiger partial charge in [-0.25, -0.2) is 0 Å². The Balaban J connectivity index is 2.86. The highest BCUT2D eigenvalue weighted by Crippen LogP contribution is 2.41. The molecule has 19 heavy (non-hydrogen) atoms. The van der Waals surface area contributed by atoms with Gasteiger partial charge in [-0.15, -0.1) is 0 Å². The van der Waals surface area contributed by atoms with Crippen molar-refractivity contribution in [3.8, 4) is 0 Å². The van der Waals surface area contributed by atoms with Crippen molar-refractivity contribution in [2.45, 2.75) is 70.9 Å². The molecule has 0 heterocycles. The fraction of sp³-hybridized carbons (Fsp3) is 0.750. The van der Waals surface area contributed by atoms with Crippen molar-refractivity contribution in [1.82, 2.24) is 0 Å². The van der Waals surface area contributed by atoms with E-state index in [1.54, 1.807) is 0 Å². The molecule has 0 aliphatic heterocycles. The number of hydrogen-bond acceptors (Lipinski definition) is 2. The molecule has 0 unspecified atom stereocenters. The molecule has 0 aromatic rings. The van der Waals surface area contributed by atoms with Gasteiger partial charge >= 0.3 is 0 Å². The summed E-state index contributed by atoms with van der Waals surface area (Å²) < 4.78 is 6.44. The SMILES string of the molecule is C=C(C)[C@@H]1C[C@@H](O)C(=C)[C@H](O[Si](C)(C)C(C)(C)C)C1. The largest absolute Gasteiger partial charge is 0.410 e. The van der Waals surface area contributed by atoms with Crippen molar-refractivity contribution in [3.05, 3.63) is 24.3 Å². The van der Waals surface area contributed by atoms with Gasteiger partial charge in [-0.1, -0.05) is 39.5 Å². The Morgan fingerprint density at radius 2 is 1.84 bits per heavy atom. The summed E-state index contributed by atoms with van der Waals surface area (Å²) >= 11 is 0. The van der Waals surface area contributed by atoms with Gasteiger partial charge in [0.05, 0.1) is 12.2 Å². The summed E-state index contributed by atoms with van der Waals surface area (Å²) in [6.45, 7) is 21.3. The summed E-state index contributed by atoms with van der Waals surface area (Å²) in [4.78, 5) is 0. The molecule has 0 aromatic heterocycles. The van der Waals surface area contributed by atoms with Crippen molar-refractivity contribution in [3.63, 3.8) is 0 Å². The van der Waals surface area contributed by atoms with E-state index in [1.807, 2.05) is 6.92 Å². The highest BCUT2D eigenvalue weighted by molar-refractivity contribution is 6.74. The Morgan fingerprint density at radius 3 is 2.26 bits per heavy atom. The number of allylic oxidation sites excluding steroid dienone is 1. The van der Waals surface area contributed by atoms with Gasteiger partial charge in [0.25, 0.3) is 0 Å². The topological polar surface area (TPSA) is 29.5 Å². The van der Waals surface area contributed by atoms with Crippen LogP contribution in [0.3, 0.4) is 0 Å². The van der Waals surface area contributed by atoms with E-state index < -0.39 is 14.4 Å². The molecule has 1 aliphatic rings. The number of hydrogen-bond donors (Lipinski definition) is 1. The maximum Gasteiger partial charge on any atom is 0.192 e. The second-order valence-electron chi connectivity index (χ2n) is 7.47. The molecule has 2 nitrogen and oxygen atoms in total. The van der Waals surface area contributed by atoms with E-state index >= 15 is 0 Å². The van der Waals surface area contributed by atoms with Gasteiger partial charge in [-0.05, 0) is 49.4 Å². The first kappa shape index (κ1) is 16.7. The first-order valence-electron chi connectivity index (χ1n) is 7.15. The Hall–Kier alpha value is -0.383.